The Bertz CT molecular complexity index is 997. The second kappa shape index (κ2) is 6.76. The number of allylic oxidation sites excluding steroid dienone is 2. The number of aliphatic hydroxyl groups is 1. The SMILES string of the molecule is CCc1ccc(Oc2ccc(C)cc2)cc1C1=C(O)[C@@]2(C)CC[C@@H](C1=O)C2(C)C. The molecule has 0 unspecified atom stereocenters. The number of fused-ring (bicyclic) bond motifs is 2. The van der Waals surface area contributed by atoms with Crippen LogP contribution in [0, 0.1) is 23.7 Å². The number of Topliss-reactive ketones (excluding diaryl/α,β-unsaturated/α-hetero) is 1. The average molecular weight is 391 g/mol. The second-order valence-electron chi connectivity index (χ2n) is 9.32. The van der Waals surface area contributed by atoms with E-state index in [4.69, 9.17) is 4.74 Å². The van der Waals surface area contributed by atoms with Crippen LogP contribution in [0.5, 0.6) is 11.5 Å². The molecule has 0 spiro atoms. The van der Waals surface area contributed by atoms with E-state index in [0.29, 0.717) is 11.3 Å². The third-order valence-electron chi connectivity index (χ3n) is 7.54. The molecular formula is C26H30O3. The van der Waals surface area contributed by atoms with E-state index in [1.54, 1.807) is 0 Å². The summed E-state index contributed by atoms with van der Waals surface area (Å²) in [5.41, 5.74) is 2.93. The van der Waals surface area contributed by atoms with Gasteiger partial charge in [-0.3, -0.25) is 4.79 Å². The van der Waals surface area contributed by atoms with Crippen LogP contribution in [0.1, 0.15) is 57.2 Å². The Labute approximate surface area is 173 Å². The number of rotatable bonds is 4. The third-order valence-corrected chi connectivity index (χ3v) is 7.54. The molecule has 2 aliphatic carbocycles. The first-order chi connectivity index (χ1) is 13.7. The van der Waals surface area contributed by atoms with Gasteiger partial charge in [-0.1, -0.05) is 51.5 Å². The van der Waals surface area contributed by atoms with Crippen molar-refractivity contribution in [3.05, 3.63) is 64.9 Å². The van der Waals surface area contributed by atoms with Crippen LogP contribution in [0.2, 0.25) is 0 Å². The van der Waals surface area contributed by atoms with Crippen molar-refractivity contribution in [3.63, 3.8) is 0 Å². The number of hydrogen-bond donors (Lipinski definition) is 1. The molecule has 3 nitrogen and oxygen atoms in total. The number of hydrogen-bond acceptors (Lipinski definition) is 3. The van der Waals surface area contributed by atoms with Crippen molar-refractivity contribution in [1.29, 1.82) is 0 Å². The van der Waals surface area contributed by atoms with Crippen LogP contribution in [0.15, 0.2) is 48.2 Å². The van der Waals surface area contributed by atoms with Gasteiger partial charge in [-0.2, -0.15) is 0 Å². The minimum Gasteiger partial charge on any atom is -0.511 e. The molecule has 0 aromatic heterocycles. The number of aryl methyl sites for hydroxylation is 2. The van der Waals surface area contributed by atoms with E-state index in [9.17, 15) is 9.90 Å². The Morgan fingerprint density at radius 3 is 2.38 bits per heavy atom. The van der Waals surface area contributed by atoms with E-state index in [0.717, 1.165) is 36.1 Å². The van der Waals surface area contributed by atoms with Gasteiger partial charge in [-0.25, -0.2) is 0 Å². The molecule has 4 rings (SSSR count). The molecule has 3 heteroatoms. The monoisotopic (exact) mass is 390 g/mol. The number of benzene rings is 2. The zero-order valence-corrected chi connectivity index (χ0v) is 18.0. The van der Waals surface area contributed by atoms with Gasteiger partial charge in [0.25, 0.3) is 0 Å². The maximum absolute atomic E-state index is 13.5. The summed E-state index contributed by atoms with van der Waals surface area (Å²) in [7, 11) is 0. The fourth-order valence-electron chi connectivity index (χ4n) is 5.11. The van der Waals surface area contributed by atoms with Crippen LogP contribution in [0.3, 0.4) is 0 Å². The van der Waals surface area contributed by atoms with E-state index in [-0.39, 0.29) is 28.3 Å². The molecule has 0 saturated heterocycles. The van der Waals surface area contributed by atoms with Gasteiger partial charge in [0.2, 0.25) is 0 Å². The van der Waals surface area contributed by atoms with Crippen LogP contribution in [0.25, 0.3) is 5.57 Å². The highest BCUT2D eigenvalue weighted by Crippen LogP contribution is 2.64. The Morgan fingerprint density at radius 1 is 1.07 bits per heavy atom. The second-order valence-corrected chi connectivity index (χ2v) is 9.32. The van der Waals surface area contributed by atoms with Crippen molar-refractivity contribution in [2.24, 2.45) is 16.7 Å². The fourth-order valence-corrected chi connectivity index (χ4v) is 5.11. The molecule has 1 fully saturated rings. The number of ketones is 1. The number of aliphatic hydroxyl groups excluding tert-OH is 1. The highest BCUT2D eigenvalue weighted by molar-refractivity contribution is 6.24. The van der Waals surface area contributed by atoms with Crippen LogP contribution in [-0.4, -0.2) is 10.9 Å². The molecule has 0 heterocycles. The fraction of sp³-hybridized carbons (Fsp3) is 0.423. The minimum absolute atomic E-state index is 0.0511. The lowest BCUT2D eigenvalue weighted by Gasteiger charge is -2.45. The Balaban J connectivity index is 1.81. The van der Waals surface area contributed by atoms with Crippen molar-refractivity contribution in [1.82, 2.24) is 0 Å². The van der Waals surface area contributed by atoms with Gasteiger partial charge in [-0.05, 0) is 67.0 Å². The van der Waals surface area contributed by atoms with Gasteiger partial charge in [-0.15, -0.1) is 0 Å². The molecular weight excluding hydrogens is 360 g/mol. The van der Waals surface area contributed by atoms with Crippen molar-refractivity contribution >= 4 is 11.4 Å². The zero-order chi connectivity index (χ0) is 21.0. The van der Waals surface area contributed by atoms with Crippen molar-refractivity contribution in [2.45, 2.75) is 53.9 Å². The maximum Gasteiger partial charge on any atom is 0.170 e. The van der Waals surface area contributed by atoms with Gasteiger partial charge in [0.15, 0.2) is 5.78 Å². The molecule has 1 saturated carbocycles. The minimum atomic E-state index is -0.375. The summed E-state index contributed by atoms with van der Waals surface area (Å²) in [6, 6.07) is 13.8. The van der Waals surface area contributed by atoms with E-state index in [1.807, 2.05) is 49.4 Å². The Hall–Kier alpha value is -2.55. The van der Waals surface area contributed by atoms with E-state index in [2.05, 4.69) is 27.7 Å². The summed E-state index contributed by atoms with van der Waals surface area (Å²) in [5, 5.41) is 11.3. The summed E-state index contributed by atoms with van der Waals surface area (Å²) < 4.78 is 6.05. The first kappa shape index (κ1) is 19.8. The average Bonchev–Trinajstić information content (AvgIpc) is 2.87. The quantitative estimate of drug-likeness (QED) is 0.636. The van der Waals surface area contributed by atoms with E-state index in [1.165, 1.54) is 5.56 Å². The van der Waals surface area contributed by atoms with Crippen molar-refractivity contribution in [3.8, 4) is 11.5 Å². The number of ether oxygens (including phenoxy) is 1. The van der Waals surface area contributed by atoms with Crippen LogP contribution in [0.4, 0.5) is 0 Å². The van der Waals surface area contributed by atoms with E-state index < -0.39 is 0 Å². The molecule has 1 N–H and O–H groups in total. The molecule has 2 aromatic rings. The topological polar surface area (TPSA) is 46.5 Å². The zero-order valence-electron chi connectivity index (χ0n) is 18.0. The molecule has 0 amide bonds. The highest BCUT2D eigenvalue weighted by Gasteiger charge is 2.61. The lowest BCUT2D eigenvalue weighted by molar-refractivity contribution is -0.122. The molecule has 0 aliphatic heterocycles. The maximum atomic E-state index is 13.5. The lowest BCUT2D eigenvalue weighted by atomic mass is 9.58. The van der Waals surface area contributed by atoms with Gasteiger partial charge in [0.1, 0.15) is 17.3 Å². The van der Waals surface area contributed by atoms with Gasteiger partial charge < -0.3 is 9.84 Å². The van der Waals surface area contributed by atoms with Crippen molar-refractivity contribution in [2.75, 3.05) is 0 Å². The van der Waals surface area contributed by atoms with Crippen LogP contribution >= 0.6 is 0 Å². The number of carbonyl (C=O) groups is 1. The standard InChI is InChI=1S/C26H30O3/c1-6-17-9-12-19(29-18-10-7-16(2)8-11-18)15-20(17)22-23(27)21-13-14-26(5,24(22)28)25(21,3)4/h7-12,15,21,28H,6,13-14H2,1-5H3/t21-,26+/m0/s1. The molecule has 2 atom stereocenters. The van der Waals surface area contributed by atoms with E-state index >= 15 is 0 Å². The molecule has 29 heavy (non-hydrogen) atoms. The van der Waals surface area contributed by atoms with Crippen LogP contribution < -0.4 is 4.74 Å². The molecule has 2 bridgehead atoms. The molecule has 2 aromatic carbocycles. The largest absolute Gasteiger partial charge is 0.511 e. The molecule has 0 radical (unpaired) electrons. The van der Waals surface area contributed by atoms with Crippen LogP contribution in [-0.2, 0) is 11.2 Å². The number of carbonyl (C=O) groups excluding carboxylic acids is 1. The lowest BCUT2D eigenvalue weighted by Crippen LogP contribution is -2.43. The summed E-state index contributed by atoms with van der Waals surface area (Å²) in [4.78, 5) is 13.5. The first-order valence-electron chi connectivity index (χ1n) is 10.5. The van der Waals surface area contributed by atoms with Gasteiger partial charge in [0.05, 0.1) is 5.57 Å². The predicted molar refractivity (Wildman–Crippen MR) is 116 cm³/mol. The highest BCUT2D eigenvalue weighted by atomic mass is 16.5. The predicted octanol–water partition coefficient (Wildman–Crippen LogP) is 6.64. The summed E-state index contributed by atoms with van der Waals surface area (Å²) in [5.74, 6) is 1.71. The Kier molecular flexibility index (Phi) is 4.60. The van der Waals surface area contributed by atoms with Gasteiger partial charge >= 0.3 is 0 Å². The van der Waals surface area contributed by atoms with Gasteiger partial charge in [0, 0.05) is 11.3 Å². The Morgan fingerprint density at radius 2 is 1.72 bits per heavy atom. The summed E-state index contributed by atoms with van der Waals surface area (Å²) >= 11 is 0. The molecule has 2 aliphatic rings. The van der Waals surface area contributed by atoms with Crippen molar-refractivity contribution < 1.29 is 14.6 Å². The normalized spacial score (nSPS) is 25.4. The smallest absolute Gasteiger partial charge is 0.170 e. The molecule has 152 valence electrons. The third kappa shape index (κ3) is 2.90. The first-order valence-corrected chi connectivity index (χ1v) is 10.5. The summed E-state index contributed by atoms with van der Waals surface area (Å²) in [6.07, 6.45) is 2.46. The summed E-state index contributed by atoms with van der Waals surface area (Å²) in [6.45, 7) is 10.5.